The number of aromatic nitrogens is 2. The normalized spacial score (nSPS) is 10.3. The molecule has 0 spiro atoms. The molecule has 2 aromatic rings. The number of amides is 1. The smallest absolute Gasteiger partial charge is 0.223 e. The van der Waals surface area contributed by atoms with Crippen LogP contribution >= 0.6 is 11.5 Å². The second kappa shape index (κ2) is 6.33. The maximum atomic E-state index is 11.5. The number of carbonyl (C=O) groups excluding carboxylic acids is 1. The van der Waals surface area contributed by atoms with Crippen molar-refractivity contribution in [2.24, 2.45) is 0 Å². The highest BCUT2D eigenvalue weighted by Gasteiger charge is 2.14. The average molecular weight is 291 g/mol. The number of nitrogens with two attached hydrogens (primary N) is 1. The van der Waals surface area contributed by atoms with Gasteiger partial charge in [-0.05, 0) is 17.6 Å². The topological polar surface area (TPSA) is 84.1 Å². The molecular weight excluding hydrogens is 274 g/mol. The molecule has 7 heteroatoms. The zero-order chi connectivity index (χ0) is 14.5. The Bertz CT molecular complexity index is 582. The van der Waals surface area contributed by atoms with Crippen molar-refractivity contribution in [3.05, 3.63) is 24.5 Å². The summed E-state index contributed by atoms with van der Waals surface area (Å²) in [6.45, 7) is 0.548. The van der Waals surface area contributed by atoms with Crippen molar-refractivity contribution in [2.45, 2.75) is 6.42 Å². The monoisotopic (exact) mass is 291 g/mol. The van der Waals surface area contributed by atoms with Gasteiger partial charge in [-0.3, -0.25) is 9.78 Å². The summed E-state index contributed by atoms with van der Waals surface area (Å²) in [5.74, 6) is 0.558. The first-order chi connectivity index (χ1) is 9.59. The van der Waals surface area contributed by atoms with Crippen LogP contribution in [-0.4, -0.2) is 40.8 Å². The fourth-order valence-corrected chi connectivity index (χ4v) is 2.48. The summed E-state index contributed by atoms with van der Waals surface area (Å²) in [6.07, 6.45) is 3.88. The van der Waals surface area contributed by atoms with E-state index >= 15 is 0 Å². The number of nitrogens with one attached hydrogen (secondary N) is 1. The maximum absolute atomic E-state index is 11.5. The second-order valence-electron chi connectivity index (χ2n) is 4.48. The molecule has 2 heterocycles. The summed E-state index contributed by atoms with van der Waals surface area (Å²) >= 11 is 1.29. The Labute approximate surface area is 121 Å². The molecule has 0 atom stereocenters. The van der Waals surface area contributed by atoms with Crippen molar-refractivity contribution in [1.82, 2.24) is 14.3 Å². The zero-order valence-electron chi connectivity index (χ0n) is 11.5. The van der Waals surface area contributed by atoms with E-state index in [-0.39, 0.29) is 5.91 Å². The van der Waals surface area contributed by atoms with Gasteiger partial charge >= 0.3 is 0 Å². The van der Waals surface area contributed by atoms with Crippen LogP contribution in [0.25, 0.3) is 11.1 Å². The SMILES string of the molecule is CN(C)C(=O)CCNc1snc(N)c1-c1cccnc1. The fourth-order valence-electron chi connectivity index (χ4n) is 1.72. The molecule has 0 saturated carbocycles. The van der Waals surface area contributed by atoms with E-state index < -0.39 is 0 Å². The lowest BCUT2D eigenvalue weighted by Gasteiger charge is -2.11. The molecule has 0 saturated heterocycles. The summed E-state index contributed by atoms with van der Waals surface area (Å²) in [7, 11) is 3.49. The highest BCUT2D eigenvalue weighted by atomic mass is 32.1. The molecular formula is C13H17N5OS. The van der Waals surface area contributed by atoms with Gasteiger partial charge in [-0.15, -0.1) is 0 Å². The number of nitrogens with zero attached hydrogens (tertiary/aromatic N) is 3. The van der Waals surface area contributed by atoms with E-state index in [4.69, 9.17) is 5.73 Å². The van der Waals surface area contributed by atoms with E-state index in [1.807, 2.05) is 12.1 Å². The zero-order valence-corrected chi connectivity index (χ0v) is 12.3. The minimum absolute atomic E-state index is 0.0814. The van der Waals surface area contributed by atoms with Crippen molar-refractivity contribution in [1.29, 1.82) is 0 Å². The number of hydrogen-bond donors (Lipinski definition) is 2. The van der Waals surface area contributed by atoms with Crippen LogP contribution in [-0.2, 0) is 4.79 Å². The molecule has 3 N–H and O–H groups in total. The standard InChI is InChI=1S/C13H17N5OS/c1-18(2)10(19)5-7-16-13-11(12(14)17-20-13)9-4-3-6-15-8-9/h3-4,6,8,16H,5,7H2,1-2H3,(H2,14,17). The van der Waals surface area contributed by atoms with Gasteiger partial charge in [-0.25, -0.2) is 0 Å². The number of nitrogen functional groups attached to an aromatic ring is 1. The van der Waals surface area contributed by atoms with Gasteiger partial charge < -0.3 is 16.0 Å². The van der Waals surface area contributed by atoms with E-state index in [1.54, 1.807) is 31.4 Å². The van der Waals surface area contributed by atoms with Gasteiger partial charge in [0.05, 0.1) is 5.56 Å². The number of hydrogen-bond acceptors (Lipinski definition) is 6. The van der Waals surface area contributed by atoms with Crippen LogP contribution in [0.5, 0.6) is 0 Å². The molecule has 0 aliphatic heterocycles. The van der Waals surface area contributed by atoms with E-state index in [9.17, 15) is 4.79 Å². The highest BCUT2D eigenvalue weighted by molar-refractivity contribution is 7.11. The first kappa shape index (κ1) is 14.3. The van der Waals surface area contributed by atoms with Crippen molar-refractivity contribution in [2.75, 3.05) is 31.7 Å². The lowest BCUT2D eigenvalue weighted by molar-refractivity contribution is -0.128. The summed E-state index contributed by atoms with van der Waals surface area (Å²) in [6, 6.07) is 3.79. The molecule has 0 unspecified atom stereocenters. The highest BCUT2D eigenvalue weighted by Crippen LogP contribution is 2.36. The molecule has 0 aliphatic rings. The van der Waals surface area contributed by atoms with Gasteiger partial charge in [0.2, 0.25) is 5.91 Å². The molecule has 0 aliphatic carbocycles. The second-order valence-corrected chi connectivity index (χ2v) is 5.25. The lowest BCUT2D eigenvalue weighted by Crippen LogP contribution is -2.23. The number of anilines is 2. The van der Waals surface area contributed by atoms with Crippen molar-refractivity contribution < 1.29 is 4.79 Å². The van der Waals surface area contributed by atoms with Gasteiger partial charge in [0.15, 0.2) is 0 Å². The summed E-state index contributed by atoms with van der Waals surface area (Å²) in [5, 5.41) is 4.08. The largest absolute Gasteiger partial charge is 0.382 e. The third-order valence-electron chi connectivity index (χ3n) is 2.79. The molecule has 2 rings (SSSR count). The number of rotatable bonds is 5. The first-order valence-corrected chi connectivity index (χ1v) is 6.96. The van der Waals surface area contributed by atoms with Gasteiger partial charge in [0.25, 0.3) is 0 Å². The number of pyridine rings is 1. The molecule has 0 bridgehead atoms. The van der Waals surface area contributed by atoms with Crippen LogP contribution in [0.1, 0.15) is 6.42 Å². The minimum atomic E-state index is 0.0814. The Hall–Kier alpha value is -2.15. The molecule has 6 nitrogen and oxygen atoms in total. The lowest BCUT2D eigenvalue weighted by atomic mass is 10.1. The van der Waals surface area contributed by atoms with Crippen LogP contribution < -0.4 is 11.1 Å². The predicted octanol–water partition coefficient (Wildman–Crippen LogP) is 1.68. The van der Waals surface area contributed by atoms with E-state index in [2.05, 4.69) is 14.7 Å². The quantitative estimate of drug-likeness (QED) is 0.875. The Morgan fingerprint density at radius 2 is 2.30 bits per heavy atom. The van der Waals surface area contributed by atoms with Gasteiger partial charge in [-0.2, -0.15) is 4.37 Å². The van der Waals surface area contributed by atoms with Crippen LogP contribution in [0.4, 0.5) is 10.8 Å². The van der Waals surface area contributed by atoms with Gasteiger partial charge in [0, 0.05) is 45.0 Å². The third kappa shape index (κ3) is 3.24. The Balaban J connectivity index is 2.09. The Morgan fingerprint density at radius 3 is 2.95 bits per heavy atom. The van der Waals surface area contributed by atoms with Crippen LogP contribution in [0.3, 0.4) is 0 Å². The summed E-state index contributed by atoms with van der Waals surface area (Å²) < 4.78 is 4.16. The van der Waals surface area contributed by atoms with Crippen molar-refractivity contribution in [3.8, 4) is 11.1 Å². The molecule has 0 aromatic carbocycles. The van der Waals surface area contributed by atoms with Gasteiger partial charge in [0.1, 0.15) is 10.8 Å². The fraction of sp³-hybridized carbons (Fsp3) is 0.308. The Morgan fingerprint density at radius 1 is 1.50 bits per heavy atom. The first-order valence-electron chi connectivity index (χ1n) is 6.19. The average Bonchev–Trinajstić information content (AvgIpc) is 2.80. The van der Waals surface area contributed by atoms with Crippen molar-refractivity contribution >= 4 is 28.3 Å². The van der Waals surface area contributed by atoms with E-state index in [0.29, 0.717) is 18.8 Å². The molecule has 20 heavy (non-hydrogen) atoms. The summed E-state index contributed by atoms with van der Waals surface area (Å²) in [4.78, 5) is 17.2. The van der Waals surface area contributed by atoms with E-state index in [1.165, 1.54) is 11.5 Å². The maximum Gasteiger partial charge on any atom is 0.223 e. The molecule has 2 aromatic heterocycles. The molecule has 1 amide bonds. The predicted molar refractivity (Wildman–Crippen MR) is 81.6 cm³/mol. The van der Waals surface area contributed by atoms with Crippen LogP contribution in [0.2, 0.25) is 0 Å². The van der Waals surface area contributed by atoms with Crippen molar-refractivity contribution in [3.63, 3.8) is 0 Å². The summed E-state index contributed by atoms with van der Waals surface area (Å²) in [5.41, 5.74) is 7.67. The molecule has 0 fully saturated rings. The third-order valence-corrected chi connectivity index (χ3v) is 3.61. The minimum Gasteiger partial charge on any atom is -0.382 e. The number of carbonyl (C=O) groups is 1. The van der Waals surface area contributed by atoms with Crippen LogP contribution in [0.15, 0.2) is 24.5 Å². The molecule has 106 valence electrons. The van der Waals surface area contributed by atoms with Gasteiger partial charge in [-0.1, -0.05) is 6.07 Å². The van der Waals surface area contributed by atoms with E-state index in [0.717, 1.165) is 16.1 Å². The van der Waals surface area contributed by atoms with Crippen LogP contribution in [0, 0.1) is 0 Å². The molecule has 0 radical (unpaired) electrons. The Kier molecular flexibility index (Phi) is 4.52.